The summed E-state index contributed by atoms with van der Waals surface area (Å²) in [4.78, 5) is 40.2. The van der Waals surface area contributed by atoms with Gasteiger partial charge in [-0.15, -0.1) is 0 Å². The molecule has 0 aliphatic carbocycles. The molecular weight excluding hydrogens is 403 g/mol. The van der Waals surface area contributed by atoms with Gasteiger partial charge in [0.1, 0.15) is 5.69 Å². The highest BCUT2D eigenvalue weighted by Gasteiger charge is 2.28. The Hall–Kier alpha value is -3.03. The predicted molar refractivity (Wildman–Crippen MR) is 107 cm³/mol. The third kappa shape index (κ3) is 3.42. The lowest BCUT2D eigenvalue weighted by Crippen LogP contribution is -2.30. The van der Waals surface area contributed by atoms with E-state index in [4.69, 9.17) is 23.2 Å². The van der Waals surface area contributed by atoms with E-state index in [0.29, 0.717) is 27.2 Å². The molecule has 1 saturated heterocycles. The molecule has 3 N–H and O–H groups in total. The van der Waals surface area contributed by atoms with Gasteiger partial charge in [0.05, 0.1) is 18.1 Å². The molecule has 2 aromatic carbocycles. The van der Waals surface area contributed by atoms with Gasteiger partial charge in [0, 0.05) is 21.6 Å². The molecule has 1 aromatic heterocycles. The van der Waals surface area contributed by atoms with Crippen LogP contribution in [0, 0.1) is 0 Å². The minimum atomic E-state index is -0.428. The summed E-state index contributed by atoms with van der Waals surface area (Å²) in [6.45, 7) is 0.123. The van der Waals surface area contributed by atoms with Gasteiger partial charge in [-0.3, -0.25) is 14.5 Å². The topological polar surface area (TPSA) is 94.3 Å². The van der Waals surface area contributed by atoms with Crippen molar-refractivity contribution in [3.63, 3.8) is 0 Å². The molecule has 0 spiro atoms. The fraction of sp³-hybridized carbons (Fsp3) is 0.105. The molecule has 28 heavy (non-hydrogen) atoms. The lowest BCUT2D eigenvalue weighted by molar-refractivity contribution is -0.125. The lowest BCUT2D eigenvalue weighted by Gasteiger charge is -2.13. The van der Waals surface area contributed by atoms with E-state index < -0.39 is 11.9 Å². The Bertz CT molecular complexity index is 1110. The van der Waals surface area contributed by atoms with Crippen LogP contribution in [-0.4, -0.2) is 34.3 Å². The van der Waals surface area contributed by atoms with E-state index in [1.807, 2.05) is 0 Å². The van der Waals surface area contributed by atoms with Crippen LogP contribution in [0.1, 0.15) is 16.1 Å². The largest absolute Gasteiger partial charge is 0.349 e. The molecule has 1 fully saturated rings. The third-order valence-corrected chi connectivity index (χ3v) is 5.01. The number of amides is 4. The molecule has 4 amide bonds. The van der Waals surface area contributed by atoms with E-state index in [1.54, 1.807) is 42.5 Å². The van der Waals surface area contributed by atoms with Gasteiger partial charge in [0.25, 0.3) is 5.91 Å². The molecule has 142 valence electrons. The molecule has 0 saturated carbocycles. The van der Waals surface area contributed by atoms with Crippen LogP contribution < -0.4 is 10.6 Å². The van der Waals surface area contributed by atoms with E-state index in [9.17, 15) is 14.4 Å². The third-order valence-electron chi connectivity index (χ3n) is 4.39. The Kier molecular flexibility index (Phi) is 4.70. The molecule has 1 aliphatic rings. The highest BCUT2D eigenvalue weighted by molar-refractivity contribution is 6.40. The lowest BCUT2D eigenvalue weighted by atomic mass is 10.2. The Balaban J connectivity index is 1.54. The first kappa shape index (κ1) is 18.3. The van der Waals surface area contributed by atoms with Gasteiger partial charge >= 0.3 is 6.03 Å². The number of rotatable bonds is 4. The molecule has 0 bridgehead atoms. The Morgan fingerprint density at radius 1 is 1.14 bits per heavy atom. The second kappa shape index (κ2) is 7.18. The van der Waals surface area contributed by atoms with Gasteiger partial charge in [-0.2, -0.15) is 0 Å². The Morgan fingerprint density at radius 2 is 1.96 bits per heavy atom. The number of halogens is 2. The van der Waals surface area contributed by atoms with Crippen molar-refractivity contribution < 1.29 is 14.4 Å². The standard InChI is InChI=1S/C19H14Cl2N4O3/c20-11-4-5-14-13(7-11)16(21)17(24-14)18(27)23-12-3-1-2-10(6-12)9-25-15(26)8-22-19(25)28/h1-7,24H,8-9H2,(H,22,28)(H,23,27). The summed E-state index contributed by atoms with van der Waals surface area (Å²) in [5, 5.41) is 6.70. The van der Waals surface area contributed by atoms with Crippen molar-refractivity contribution in [3.8, 4) is 0 Å². The van der Waals surface area contributed by atoms with E-state index in [0.717, 1.165) is 4.90 Å². The molecule has 4 rings (SSSR count). The number of carbonyl (C=O) groups is 3. The van der Waals surface area contributed by atoms with Gasteiger partial charge in [-0.05, 0) is 35.9 Å². The molecular formula is C19H14Cl2N4O3. The maximum atomic E-state index is 12.7. The summed E-state index contributed by atoms with van der Waals surface area (Å²) in [7, 11) is 0. The molecule has 9 heteroatoms. The summed E-state index contributed by atoms with van der Waals surface area (Å²) in [6.07, 6.45) is 0. The Morgan fingerprint density at radius 3 is 2.71 bits per heavy atom. The van der Waals surface area contributed by atoms with Crippen molar-refractivity contribution in [1.29, 1.82) is 0 Å². The van der Waals surface area contributed by atoms with E-state index >= 15 is 0 Å². The van der Waals surface area contributed by atoms with Gasteiger partial charge < -0.3 is 15.6 Å². The summed E-state index contributed by atoms with van der Waals surface area (Å²) >= 11 is 12.3. The number of aromatic nitrogens is 1. The van der Waals surface area contributed by atoms with Crippen LogP contribution in [0.2, 0.25) is 10.0 Å². The SMILES string of the molecule is O=C(Nc1cccc(CN2C(=O)CNC2=O)c1)c1[nH]c2ccc(Cl)cc2c1Cl. The molecule has 2 heterocycles. The number of carbonyl (C=O) groups excluding carboxylic acids is 3. The van der Waals surface area contributed by atoms with Crippen LogP contribution in [0.4, 0.5) is 10.5 Å². The van der Waals surface area contributed by atoms with Crippen LogP contribution in [0.3, 0.4) is 0 Å². The van der Waals surface area contributed by atoms with Crippen LogP contribution in [0.15, 0.2) is 42.5 Å². The van der Waals surface area contributed by atoms with Crippen molar-refractivity contribution in [2.75, 3.05) is 11.9 Å². The maximum absolute atomic E-state index is 12.7. The number of hydrogen-bond donors (Lipinski definition) is 3. The maximum Gasteiger partial charge on any atom is 0.324 e. The number of urea groups is 1. The molecule has 0 unspecified atom stereocenters. The number of imide groups is 1. The molecule has 0 atom stereocenters. The molecule has 0 radical (unpaired) electrons. The monoisotopic (exact) mass is 416 g/mol. The molecule has 3 aromatic rings. The number of hydrogen-bond acceptors (Lipinski definition) is 3. The number of fused-ring (bicyclic) bond motifs is 1. The van der Waals surface area contributed by atoms with Crippen LogP contribution in [0.25, 0.3) is 10.9 Å². The quantitative estimate of drug-likeness (QED) is 0.564. The second-order valence-corrected chi connectivity index (χ2v) is 7.11. The zero-order chi connectivity index (χ0) is 19.8. The van der Waals surface area contributed by atoms with Gasteiger partial charge in [-0.25, -0.2) is 4.79 Å². The van der Waals surface area contributed by atoms with Crippen LogP contribution >= 0.6 is 23.2 Å². The van der Waals surface area contributed by atoms with Crippen molar-refractivity contribution in [1.82, 2.24) is 15.2 Å². The van der Waals surface area contributed by atoms with Crippen LogP contribution in [0.5, 0.6) is 0 Å². The normalized spacial score (nSPS) is 13.9. The van der Waals surface area contributed by atoms with E-state index in [1.165, 1.54) is 0 Å². The minimum Gasteiger partial charge on any atom is -0.349 e. The Labute approximate surface area is 169 Å². The predicted octanol–water partition coefficient (Wildman–Crippen LogP) is 3.78. The smallest absolute Gasteiger partial charge is 0.324 e. The number of nitrogens with one attached hydrogen (secondary N) is 3. The number of nitrogens with zero attached hydrogens (tertiary/aromatic N) is 1. The van der Waals surface area contributed by atoms with Crippen molar-refractivity contribution >= 4 is 57.6 Å². The molecule has 1 aliphatic heterocycles. The van der Waals surface area contributed by atoms with E-state index in [2.05, 4.69) is 15.6 Å². The van der Waals surface area contributed by atoms with Gasteiger partial charge in [0.15, 0.2) is 0 Å². The minimum absolute atomic E-state index is 0.00183. The fourth-order valence-electron chi connectivity index (χ4n) is 3.03. The molecule has 7 nitrogen and oxygen atoms in total. The van der Waals surface area contributed by atoms with Crippen molar-refractivity contribution in [3.05, 3.63) is 63.8 Å². The average Bonchev–Trinajstić information content (AvgIpc) is 3.16. The highest BCUT2D eigenvalue weighted by Crippen LogP contribution is 2.30. The van der Waals surface area contributed by atoms with Gasteiger partial charge in [0.2, 0.25) is 5.91 Å². The number of aromatic amines is 1. The zero-order valence-corrected chi connectivity index (χ0v) is 15.9. The number of benzene rings is 2. The first-order valence-electron chi connectivity index (χ1n) is 8.37. The van der Waals surface area contributed by atoms with E-state index in [-0.39, 0.29) is 29.7 Å². The average molecular weight is 417 g/mol. The van der Waals surface area contributed by atoms with Crippen molar-refractivity contribution in [2.45, 2.75) is 6.54 Å². The highest BCUT2D eigenvalue weighted by atomic mass is 35.5. The summed E-state index contributed by atoms with van der Waals surface area (Å²) in [5.41, 5.74) is 2.14. The second-order valence-electron chi connectivity index (χ2n) is 6.30. The van der Waals surface area contributed by atoms with Crippen molar-refractivity contribution in [2.24, 2.45) is 0 Å². The first-order valence-corrected chi connectivity index (χ1v) is 9.13. The first-order chi connectivity index (χ1) is 13.4. The van der Waals surface area contributed by atoms with Gasteiger partial charge in [-0.1, -0.05) is 35.3 Å². The van der Waals surface area contributed by atoms with Crippen LogP contribution in [-0.2, 0) is 11.3 Å². The zero-order valence-electron chi connectivity index (χ0n) is 14.4. The number of H-pyrrole nitrogens is 1. The fourth-order valence-corrected chi connectivity index (χ4v) is 3.49. The summed E-state index contributed by atoms with van der Waals surface area (Å²) in [5.74, 6) is -0.701. The summed E-state index contributed by atoms with van der Waals surface area (Å²) in [6, 6.07) is 11.6. The number of anilines is 1. The summed E-state index contributed by atoms with van der Waals surface area (Å²) < 4.78 is 0.